The van der Waals surface area contributed by atoms with Crippen molar-refractivity contribution in [2.45, 2.75) is 109 Å². The van der Waals surface area contributed by atoms with E-state index in [-0.39, 0.29) is 6.10 Å². The lowest BCUT2D eigenvalue weighted by atomic mass is 9.89. The highest BCUT2D eigenvalue weighted by Crippen LogP contribution is 2.22. The Balaban J connectivity index is 3.58. The summed E-state index contributed by atoms with van der Waals surface area (Å²) in [6, 6.07) is 0. The molecule has 0 radical (unpaired) electrons. The van der Waals surface area contributed by atoms with Gasteiger partial charge in [-0.2, -0.15) is 0 Å². The summed E-state index contributed by atoms with van der Waals surface area (Å²) >= 11 is 0. The molecule has 0 aromatic heterocycles. The molecule has 24 heavy (non-hydrogen) atoms. The Morgan fingerprint density at radius 1 is 0.875 bits per heavy atom. The summed E-state index contributed by atoms with van der Waals surface area (Å²) in [6.45, 7) is 5.97. The van der Waals surface area contributed by atoms with Crippen molar-refractivity contribution in [2.24, 2.45) is 5.92 Å². The molecule has 0 aliphatic heterocycles. The van der Waals surface area contributed by atoms with Crippen LogP contribution in [0.5, 0.6) is 0 Å². The molecule has 2 unspecified atom stereocenters. The largest absolute Gasteiger partial charge is 0.481 e. The van der Waals surface area contributed by atoms with Gasteiger partial charge in [-0.15, -0.1) is 6.58 Å². The van der Waals surface area contributed by atoms with E-state index in [1.165, 1.54) is 57.8 Å². The lowest BCUT2D eigenvalue weighted by Crippen LogP contribution is -2.17. The molecule has 2 N–H and O–H groups in total. The Morgan fingerprint density at radius 2 is 1.33 bits per heavy atom. The summed E-state index contributed by atoms with van der Waals surface area (Å²) in [5.41, 5.74) is 0. The Hall–Kier alpha value is -0.830. The lowest BCUT2D eigenvalue weighted by molar-refractivity contribution is -0.137. The summed E-state index contributed by atoms with van der Waals surface area (Å²) < 4.78 is 0. The fourth-order valence-corrected chi connectivity index (χ4v) is 3.26. The van der Waals surface area contributed by atoms with E-state index in [1.54, 1.807) is 6.08 Å². The Labute approximate surface area is 149 Å². The zero-order chi connectivity index (χ0) is 18.0. The first kappa shape index (κ1) is 23.2. The molecule has 0 aromatic rings. The molecule has 2 atom stereocenters. The second-order valence-corrected chi connectivity index (χ2v) is 7.10. The number of unbranched alkanes of at least 4 members (excludes halogenated alkanes) is 10. The van der Waals surface area contributed by atoms with Gasteiger partial charge in [0, 0.05) is 6.42 Å². The van der Waals surface area contributed by atoms with Crippen LogP contribution in [-0.4, -0.2) is 22.3 Å². The van der Waals surface area contributed by atoms with Crippen LogP contribution in [0.15, 0.2) is 12.7 Å². The third-order valence-electron chi connectivity index (χ3n) is 4.87. The van der Waals surface area contributed by atoms with Crippen molar-refractivity contribution >= 4 is 5.97 Å². The first-order valence-corrected chi connectivity index (χ1v) is 10.1. The molecule has 3 nitrogen and oxygen atoms in total. The maximum Gasteiger partial charge on any atom is 0.303 e. The first-order chi connectivity index (χ1) is 11.6. The fraction of sp³-hybridized carbons (Fsp3) is 0.857. The van der Waals surface area contributed by atoms with Gasteiger partial charge in [-0.3, -0.25) is 4.79 Å². The summed E-state index contributed by atoms with van der Waals surface area (Å²) in [5.74, 6) is -0.295. The highest BCUT2D eigenvalue weighted by Gasteiger charge is 2.15. The normalized spacial score (nSPS) is 13.6. The number of aliphatic hydroxyl groups excluding tert-OH is 1. The maximum atomic E-state index is 10.4. The number of hydrogen-bond acceptors (Lipinski definition) is 2. The number of carbonyl (C=O) groups is 1. The SMILES string of the molecule is C=CC(O)C(CCCCCC)CCCCCCCCCCC(=O)O. The van der Waals surface area contributed by atoms with Crippen molar-refractivity contribution in [3.63, 3.8) is 0 Å². The van der Waals surface area contributed by atoms with Gasteiger partial charge in [0.25, 0.3) is 0 Å². The molecule has 0 aliphatic carbocycles. The van der Waals surface area contributed by atoms with E-state index < -0.39 is 5.97 Å². The molecule has 0 heterocycles. The molecule has 0 saturated heterocycles. The van der Waals surface area contributed by atoms with Crippen molar-refractivity contribution in [3.05, 3.63) is 12.7 Å². The van der Waals surface area contributed by atoms with E-state index in [1.807, 2.05) is 0 Å². The van der Waals surface area contributed by atoms with E-state index in [2.05, 4.69) is 13.5 Å². The second-order valence-electron chi connectivity index (χ2n) is 7.10. The molecule has 0 rings (SSSR count). The highest BCUT2D eigenvalue weighted by atomic mass is 16.4. The van der Waals surface area contributed by atoms with Crippen molar-refractivity contribution in [1.29, 1.82) is 0 Å². The van der Waals surface area contributed by atoms with Crippen LogP contribution in [0.1, 0.15) is 103 Å². The van der Waals surface area contributed by atoms with Gasteiger partial charge in [0.05, 0.1) is 6.10 Å². The molecule has 0 aliphatic rings. The number of carboxylic acids is 1. The van der Waals surface area contributed by atoms with Crippen LogP contribution in [-0.2, 0) is 4.79 Å². The number of aliphatic hydroxyl groups is 1. The number of hydrogen-bond donors (Lipinski definition) is 2. The van der Waals surface area contributed by atoms with Crippen LogP contribution < -0.4 is 0 Å². The Morgan fingerprint density at radius 3 is 1.79 bits per heavy atom. The predicted octanol–water partition coefficient (Wildman–Crippen LogP) is 6.11. The molecule has 0 saturated carbocycles. The van der Waals surface area contributed by atoms with Crippen LogP contribution in [0.4, 0.5) is 0 Å². The first-order valence-electron chi connectivity index (χ1n) is 10.1. The van der Waals surface area contributed by atoms with Gasteiger partial charge in [-0.25, -0.2) is 0 Å². The maximum absolute atomic E-state index is 10.4. The summed E-state index contributed by atoms with van der Waals surface area (Å²) in [6.07, 6.45) is 18.1. The standard InChI is InChI=1S/C21H40O3/c1-3-5-6-13-16-19(20(22)4-2)17-14-11-9-7-8-10-12-15-18-21(23)24/h4,19-20,22H,2-3,5-18H2,1H3,(H,23,24). The van der Waals surface area contributed by atoms with Crippen molar-refractivity contribution in [1.82, 2.24) is 0 Å². The third kappa shape index (κ3) is 14.7. The van der Waals surface area contributed by atoms with Crippen molar-refractivity contribution < 1.29 is 15.0 Å². The molecule has 0 aromatic carbocycles. The summed E-state index contributed by atoms with van der Waals surface area (Å²) in [7, 11) is 0. The minimum absolute atomic E-state index is 0.311. The predicted molar refractivity (Wildman–Crippen MR) is 102 cm³/mol. The Kier molecular flexibility index (Phi) is 16.4. The van der Waals surface area contributed by atoms with Gasteiger partial charge >= 0.3 is 5.97 Å². The average molecular weight is 341 g/mol. The lowest BCUT2D eigenvalue weighted by Gasteiger charge is -2.20. The van der Waals surface area contributed by atoms with Crippen LogP contribution in [0.2, 0.25) is 0 Å². The Bertz CT molecular complexity index is 301. The zero-order valence-corrected chi connectivity index (χ0v) is 15.8. The van der Waals surface area contributed by atoms with Gasteiger partial charge in [0.1, 0.15) is 0 Å². The average Bonchev–Trinajstić information content (AvgIpc) is 2.57. The van der Waals surface area contributed by atoms with E-state index in [0.29, 0.717) is 12.3 Å². The summed E-state index contributed by atoms with van der Waals surface area (Å²) in [5, 5.41) is 18.6. The molecule has 0 bridgehead atoms. The van der Waals surface area contributed by atoms with Gasteiger partial charge in [0.2, 0.25) is 0 Å². The molecular weight excluding hydrogens is 300 g/mol. The quantitative estimate of drug-likeness (QED) is 0.234. The minimum atomic E-state index is -0.680. The smallest absolute Gasteiger partial charge is 0.303 e. The van der Waals surface area contributed by atoms with Crippen molar-refractivity contribution in [3.8, 4) is 0 Å². The second kappa shape index (κ2) is 17.0. The van der Waals surface area contributed by atoms with Crippen molar-refractivity contribution in [2.75, 3.05) is 0 Å². The monoisotopic (exact) mass is 340 g/mol. The molecule has 0 amide bonds. The fourth-order valence-electron chi connectivity index (χ4n) is 3.26. The van der Waals surface area contributed by atoms with Gasteiger partial charge in [0.15, 0.2) is 0 Å². The van der Waals surface area contributed by atoms with E-state index in [0.717, 1.165) is 32.1 Å². The van der Waals surface area contributed by atoms with Crippen LogP contribution in [0, 0.1) is 5.92 Å². The number of aliphatic carboxylic acids is 1. The number of rotatable bonds is 18. The molecular formula is C21H40O3. The minimum Gasteiger partial charge on any atom is -0.481 e. The topological polar surface area (TPSA) is 57.5 Å². The van der Waals surface area contributed by atoms with Crippen LogP contribution >= 0.6 is 0 Å². The molecule has 0 fully saturated rings. The van der Waals surface area contributed by atoms with E-state index in [4.69, 9.17) is 5.11 Å². The zero-order valence-electron chi connectivity index (χ0n) is 15.8. The molecule has 3 heteroatoms. The summed E-state index contributed by atoms with van der Waals surface area (Å²) in [4.78, 5) is 10.4. The molecule has 0 spiro atoms. The van der Waals surface area contributed by atoms with E-state index >= 15 is 0 Å². The van der Waals surface area contributed by atoms with Crippen LogP contribution in [0.25, 0.3) is 0 Å². The van der Waals surface area contributed by atoms with Crippen LogP contribution in [0.3, 0.4) is 0 Å². The van der Waals surface area contributed by atoms with Gasteiger partial charge < -0.3 is 10.2 Å². The third-order valence-corrected chi connectivity index (χ3v) is 4.87. The van der Waals surface area contributed by atoms with E-state index in [9.17, 15) is 9.90 Å². The van der Waals surface area contributed by atoms with Gasteiger partial charge in [-0.1, -0.05) is 83.6 Å². The molecule has 142 valence electrons. The highest BCUT2D eigenvalue weighted by molar-refractivity contribution is 5.66. The van der Waals surface area contributed by atoms with Gasteiger partial charge in [-0.05, 0) is 25.2 Å². The number of carboxylic acid groups (broad SMARTS) is 1.